The quantitative estimate of drug-likeness (QED) is 0.846. The molecule has 2 aromatic rings. The number of rotatable bonds is 6. The van der Waals surface area contributed by atoms with E-state index in [0.717, 1.165) is 23.4 Å². The average Bonchev–Trinajstić information content (AvgIpc) is 2.49. The third-order valence-corrected chi connectivity index (χ3v) is 2.99. The van der Waals surface area contributed by atoms with Crippen molar-refractivity contribution in [3.05, 3.63) is 59.9 Å². The summed E-state index contributed by atoms with van der Waals surface area (Å²) in [5.41, 5.74) is 2.96. The maximum Gasteiger partial charge on any atom is 0.238 e. The number of aromatic nitrogens is 1. The second-order valence-electron chi connectivity index (χ2n) is 4.48. The molecule has 0 saturated carbocycles. The summed E-state index contributed by atoms with van der Waals surface area (Å²) >= 11 is 0. The first-order valence-corrected chi connectivity index (χ1v) is 6.78. The minimum absolute atomic E-state index is 0.0400. The highest BCUT2D eigenvalue weighted by molar-refractivity contribution is 5.92. The summed E-state index contributed by atoms with van der Waals surface area (Å²) in [6.45, 7) is 2.93. The first-order valence-electron chi connectivity index (χ1n) is 6.78. The summed E-state index contributed by atoms with van der Waals surface area (Å²) in [7, 11) is 0. The van der Waals surface area contributed by atoms with E-state index >= 15 is 0 Å². The number of carbonyl (C=O) groups is 1. The molecule has 2 N–H and O–H groups in total. The van der Waals surface area contributed by atoms with E-state index in [4.69, 9.17) is 0 Å². The maximum absolute atomic E-state index is 11.9. The van der Waals surface area contributed by atoms with Gasteiger partial charge >= 0.3 is 0 Å². The third-order valence-electron chi connectivity index (χ3n) is 2.99. The molecule has 0 aliphatic carbocycles. The molecule has 0 saturated heterocycles. The van der Waals surface area contributed by atoms with Gasteiger partial charge in [0.1, 0.15) is 0 Å². The molecule has 0 radical (unpaired) electrons. The highest BCUT2D eigenvalue weighted by Crippen LogP contribution is 2.14. The van der Waals surface area contributed by atoms with E-state index in [1.54, 1.807) is 6.20 Å². The van der Waals surface area contributed by atoms with Crippen LogP contribution in [0.15, 0.2) is 48.7 Å². The number of amides is 1. The number of carbonyl (C=O) groups excluding carboxylic acids is 1. The van der Waals surface area contributed by atoms with Crippen molar-refractivity contribution in [1.82, 2.24) is 10.3 Å². The summed E-state index contributed by atoms with van der Waals surface area (Å²) in [5.74, 6) is -0.0400. The van der Waals surface area contributed by atoms with Gasteiger partial charge in [-0.15, -0.1) is 0 Å². The van der Waals surface area contributed by atoms with Crippen molar-refractivity contribution in [3.63, 3.8) is 0 Å². The second-order valence-corrected chi connectivity index (χ2v) is 4.48. The van der Waals surface area contributed by atoms with E-state index in [1.165, 1.54) is 0 Å². The number of hydrogen-bond acceptors (Lipinski definition) is 3. The Bertz CT molecular complexity index is 555. The fourth-order valence-corrected chi connectivity index (χ4v) is 1.95. The Labute approximate surface area is 119 Å². The highest BCUT2D eigenvalue weighted by Gasteiger charge is 2.05. The minimum Gasteiger partial charge on any atom is -0.325 e. The van der Waals surface area contributed by atoms with Crippen LogP contribution in [0.25, 0.3) is 0 Å². The molecule has 4 nitrogen and oxygen atoms in total. The largest absolute Gasteiger partial charge is 0.325 e. The lowest BCUT2D eigenvalue weighted by atomic mass is 10.1. The number of benzene rings is 1. The van der Waals surface area contributed by atoms with E-state index in [-0.39, 0.29) is 12.5 Å². The zero-order valence-electron chi connectivity index (χ0n) is 11.6. The molecule has 1 aromatic carbocycles. The van der Waals surface area contributed by atoms with Gasteiger partial charge in [-0.1, -0.05) is 31.2 Å². The van der Waals surface area contributed by atoms with E-state index in [2.05, 4.69) is 22.5 Å². The predicted octanol–water partition coefficient (Wildman–Crippen LogP) is 2.37. The van der Waals surface area contributed by atoms with Crippen LogP contribution in [0.5, 0.6) is 0 Å². The van der Waals surface area contributed by atoms with E-state index in [1.807, 2.05) is 42.5 Å². The number of pyridine rings is 1. The van der Waals surface area contributed by atoms with Crippen molar-refractivity contribution < 1.29 is 4.79 Å². The van der Waals surface area contributed by atoms with Crippen molar-refractivity contribution in [2.75, 3.05) is 11.9 Å². The summed E-state index contributed by atoms with van der Waals surface area (Å²) in [6, 6.07) is 13.6. The van der Waals surface area contributed by atoms with Gasteiger partial charge in [-0.05, 0) is 30.2 Å². The Hall–Kier alpha value is -2.20. The van der Waals surface area contributed by atoms with Gasteiger partial charge in [0, 0.05) is 18.4 Å². The van der Waals surface area contributed by atoms with Gasteiger partial charge in [0.05, 0.1) is 12.2 Å². The molecular formula is C16H19N3O. The van der Waals surface area contributed by atoms with Crippen LogP contribution in [0.1, 0.15) is 18.2 Å². The maximum atomic E-state index is 11.9. The summed E-state index contributed by atoms with van der Waals surface area (Å²) in [5, 5.41) is 6.01. The van der Waals surface area contributed by atoms with Crippen molar-refractivity contribution in [1.29, 1.82) is 0 Å². The lowest BCUT2D eigenvalue weighted by Crippen LogP contribution is -2.28. The molecule has 4 heteroatoms. The Morgan fingerprint density at radius 2 is 1.95 bits per heavy atom. The summed E-state index contributed by atoms with van der Waals surface area (Å²) in [6.07, 6.45) is 2.65. The van der Waals surface area contributed by atoms with Crippen molar-refractivity contribution in [2.45, 2.75) is 19.9 Å². The van der Waals surface area contributed by atoms with Crippen molar-refractivity contribution >= 4 is 11.6 Å². The SMILES string of the molecule is CCc1ccccc1NC(=O)CNCc1ccccn1. The summed E-state index contributed by atoms with van der Waals surface area (Å²) in [4.78, 5) is 16.1. The molecular weight excluding hydrogens is 250 g/mol. The van der Waals surface area contributed by atoms with Gasteiger partial charge in [-0.2, -0.15) is 0 Å². The smallest absolute Gasteiger partial charge is 0.238 e. The molecule has 2 rings (SSSR count). The molecule has 0 atom stereocenters. The number of nitrogens with zero attached hydrogens (tertiary/aromatic N) is 1. The summed E-state index contributed by atoms with van der Waals surface area (Å²) < 4.78 is 0. The van der Waals surface area contributed by atoms with Crippen LogP contribution in [-0.2, 0) is 17.8 Å². The fraction of sp³-hybridized carbons (Fsp3) is 0.250. The molecule has 1 heterocycles. The van der Waals surface area contributed by atoms with Crippen molar-refractivity contribution in [2.24, 2.45) is 0 Å². The van der Waals surface area contributed by atoms with Crippen LogP contribution >= 0.6 is 0 Å². The number of hydrogen-bond donors (Lipinski definition) is 2. The van der Waals surface area contributed by atoms with Gasteiger partial charge < -0.3 is 10.6 Å². The van der Waals surface area contributed by atoms with Crippen LogP contribution in [0.2, 0.25) is 0 Å². The van der Waals surface area contributed by atoms with Gasteiger partial charge in [0.2, 0.25) is 5.91 Å². The molecule has 0 aliphatic rings. The lowest BCUT2D eigenvalue weighted by molar-refractivity contribution is -0.115. The molecule has 0 bridgehead atoms. The molecule has 20 heavy (non-hydrogen) atoms. The molecule has 1 aromatic heterocycles. The van der Waals surface area contributed by atoms with E-state index < -0.39 is 0 Å². The Morgan fingerprint density at radius 3 is 2.70 bits per heavy atom. The van der Waals surface area contributed by atoms with Crippen LogP contribution in [0, 0.1) is 0 Å². The molecule has 0 spiro atoms. The fourth-order valence-electron chi connectivity index (χ4n) is 1.95. The number of para-hydroxylation sites is 1. The zero-order chi connectivity index (χ0) is 14.2. The minimum atomic E-state index is -0.0400. The average molecular weight is 269 g/mol. The Balaban J connectivity index is 1.81. The molecule has 104 valence electrons. The van der Waals surface area contributed by atoms with E-state index in [9.17, 15) is 4.79 Å². The van der Waals surface area contributed by atoms with Gasteiger partial charge in [-0.25, -0.2) is 0 Å². The second kappa shape index (κ2) is 7.40. The monoisotopic (exact) mass is 269 g/mol. The van der Waals surface area contributed by atoms with Gasteiger partial charge in [0.25, 0.3) is 0 Å². The van der Waals surface area contributed by atoms with Crippen molar-refractivity contribution in [3.8, 4) is 0 Å². The number of nitrogens with one attached hydrogen (secondary N) is 2. The Kier molecular flexibility index (Phi) is 5.26. The van der Waals surface area contributed by atoms with Crippen LogP contribution in [0.3, 0.4) is 0 Å². The first kappa shape index (κ1) is 14.2. The van der Waals surface area contributed by atoms with Crippen LogP contribution < -0.4 is 10.6 Å². The number of anilines is 1. The third kappa shape index (κ3) is 4.17. The van der Waals surface area contributed by atoms with Gasteiger partial charge in [-0.3, -0.25) is 9.78 Å². The zero-order valence-corrected chi connectivity index (χ0v) is 11.6. The lowest BCUT2D eigenvalue weighted by Gasteiger charge is -2.10. The highest BCUT2D eigenvalue weighted by atomic mass is 16.1. The van der Waals surface area contributed by atoms with Crippen LogP contribution in [-0.4, -0.2) is 17.4 Å². The topological polar surface area (TPSA) is 54.0 Å². The first-order chi connectivity index (χ1) is 9.79. The normalized spacial score (nSPS) is 10.2. The molecule has 1 amide bonds. The van der Waals surface area contributed by atoms with Crippen LogP contribution in [0.4, 0.5) is 5.69 Å². The predicted molar refractivity (Wildman–Crippen MR) is 80.4 cm³/mol. The standard InChI is InChI=1S/C16H19N3O/c1-2-13-7-3-4-9-15(13)19-16(20)12-17-11-14-8-5-6-10-18-14/h3-10,17H,2,11-12H2,1H3,(H,19,20). The molecule has 0 unspecified atom stereocenters. The van der Waals surface area contributed by atoms with E-state index in [0.29, 0.717) is 6.54 Å². The Morgan fingerprint density at radius 1 is 1.15 bits per heavy atom. The molecule has 0 fully saturated rings. The number of aryl methyl sites for hydroxylation is 1. The van der Waals surface area contributed by atoms with Gasteiger partial charge in [0.15, 0.2) is 0 Å². The molecule has 0 aliphatic heterocycles.